The Morgan fingerprint density at radius 2 is 1.67 bits per heavy atom. The van der Waals surface area contributed by atoms with Crippen LogP contribution in [0.3, 0.4) is 0 Å². The number of benzene rings is 1. The SMILES string of the molecule is CC1CC(C)CC(OCCc2ccc(N)cc2)C1. The summed E-state index contributed by atoms with van der Waals surface area (Å²) in [6.45, 7) is 5.51. The fourth-order valence-corrected chi connectivity index (χ4v) is 3.04. The summed E-state index contributed by atoms with van der Waals surface area (Å²) in [5, 5.41) is 0. The number of nitrogen functional groups attached to an aromatic ring is 1. The van der Waals surface area contributed by atoms with Gasteiger partial charge in [-0.25, -0.2) is 0 Å². The minimum absolute atomic E-state index is 0.470. The van der Waals surface area contributed by atoms with Crippen molar-refractivity contribution >= 4 is 5.69 Å². The molecule has 1 aromatic carbocycles. The summed E-state index contributed by atoms with van der Waals surface area (Å²) >= 11 is 0. The Morgan fingerprint density at radius 3 is 2.28 bits per heavy atom. The van der Waals surface area contributed by atoms with Gasteiger partial charge in [-0.05, 0) is 55.2 Å². The summed E-state index contributed by atoms with van der Waals surface area (Å²) in [5.41, 5.74) is 7.81. The third kappa shape index (κ3) is 4.02. The van der Waals surface area contributed by atoms with E-state index in [2.05, 4.69) is 26.0 Å². The van der Waals surface area contributed by atoms with Crippen LogP contribution < -0.4 is 5.73 Å². The number of nitrogens with two attached hydrogens (primary N) is 1. The van der Waals surface area contributed by atoms with Gasteiger partial charge in [0.05, 0.1) is 12.7 Å². The number of anilines is 1. The van der Waals surface area contributed by atoms with Gasteiger partial charge in [0.25, 0.3) is 0 Å². The van der Waals surface area contributed by atoms with Crippen LogP contribution in [-0.4, -0.2) is 12.7 Å². The smallest absolute Gasteiger partial charge is 0.0580 e. The van der Waals surface area contributed by atoms with Crippen molar-refractivity contribution in [3.63, 3.8) is 0 Å². The van der Waals surface area contributed by atoms with Gasteiger partial charge in [0.15, 0.2) is 0 Å². The molecule has 1 aliphatic rings. The van der Waals surface area contributed by atoms with E-state index < -0.39 is 0 Å². The molecule has 1 fully saturated rings. The van der Waals surface area contributed by atoms with Crippen molar-refractivity contribution in [1.29, 1.82) is 0 Å². The molecule has 2 N–H and O–H groups in total. The maximum absolute atomic E-state index is 6.03. The Labute approximate surface area is 111 Å². The maximum Gasteiger partial charge on any atom is 0.0580 e. The number of hydrogen-bond donors (Lipinski definition) is 1. The number of rotatable bonds is 4. The molecule has 1 saturated carbocycles. The summed E-state index contributed by atoms with van der Waals surface area (Å²) in [6.07, 6.45) is 5.27. The highest BCUT2D eigenvalue weighted by molar-refractivity contribution is 5.39. The molecular formula is C16H25NO. The molecule has 2 unspecified atom stereocenters. The minimum Gasteiger partial charge on any atom is -0.399 e. The first-order valence-corrected chi connectivity index (χ1v) is 7.09. The fraction of sp³-hybridized carbons (Fsp3) is 0.625. The molecule has 0 aliphatic heterocycles. The molecule has 0 spiro atoms. The molecule has 100 valence electrons. The van der Waals surface area contributed by atoms with E-state index in [9.17, 15) is 0 Å². The van der Waals surface area contributed by atoms with Crippen molar-refractivity contribution in [2.75, 3.05) is 12.3 Å². The van der Waals surface area contributed by atoms with Gasteiger partial charge in [-0.15, -0.1) is 0 Å². The van der Waals surface area contributed by atoms with Crippen molar-refractivity contribution in [2.24, 2.45) is 11.8 Å². The van der Waals surface area contributed by atoms with Gasteiger partial charge >= 0.3 is 0 Å². The summed E-state index contributed by atoms with van der Waals surface area (Å²) < 4.78 is 6.03. The third-order valence-electron chi connectivity index (χ3n) is 3.86. The van der Waals surface area contributed by atoms with E-state index >= 15 is 0 Å². The lowest BCUT2D eigenvalue weighted by molar-refractivity contribution is 0.00257. The van der Waals surface area contributed by atoms with Gasteiger partial charge in [0, 0.05) is 5.69 Å². The Bertz CT molecular complexity index is 350. The Kier molecular flexibility index (Phi) is 4.65. The largest absolute Gasteiger partial charge is 0.399 e. The number of ether oxygens (including phenoxy) is 1. The molecule has 0 aromatic heterocycles. The molecule has 2 rings (SSSR count). The monoisotopic (exact) mass is 247 g/mol. The van der Waals surface area contributed by atoms with E-state index in [1.165, 1.54) is 24.8 Å². The van der Waals surface area contributed by atoms with Crippen LogP contribution in [0.2, 0.25) is 0 Å². The fourth-order valence-electron chi connectivity index (χ4n) is 3.04. The maximum atomic E-state index is 6.03. The molecule has 0 bridgehead atoms. The second-order valence-corrected chi connectivity index (χ2v) is 5.90. The summed E-state index contributed by atoms with van der Waals surface area (Å²) in [6, 6.07) is 8.09. The topological polar surface area (TPSA) is 35.2 Å². The van der Waals surface area contributed by atoms with E-state index in [1.807, 2.05) is 12.1 Å². The molecule has 1 aliphatic carbocycles. The molecule has 0 amide bonds. The second kappa shape index (κ2) is 6.24. The highest BCUT2D eigenvalue weighted by Gasteiger charge is 2.24. The van der Waals surface area contributed by atoms with Gasteiger partial charge < -0.3 is 10.5 Å². The van der Waals surface area contributed by atoms with Gasteiger partial charge in [-0.3, -0.25) is 0 Å². The van der Waals surface area contributed by atoms with E-state index in [1.54, 1.807) is 0 Å². The lowest BCUT2D eigenvalue weighted by Crippen LogP contribution is -2.26. The first-order valence-electron chi connectivity index (χ1n) is 7.09. The van der Waals surface area contributed by atoms with Crippen molar-refractivity contribution in [3.8, 4) is 0 Å². The van der Waals surface area contributed by atoms with Gasteiger partial charge in [0.1, 0.15) is 0 Å². The first kappa shape index (κ1) is 13.4. The van der Waals surface area contributed by atoms with Crippen molar-refractivity contribution in [3.05, 3.63) is 29.8 Å². The Morgan fingerprint density at radius 1 is 1.06 bits per heavy atom. The molecule has 2 heteroatoms. The molecule has 18 heavy (non-hydrogen) atoms. The van der Waals surface area contributed by atoms with Crippen molar-refractivity contribution in [2.45, 2.75) is 45.6 Å². The standard InChI is InChI=1S/C16H25NO/c1-12-9-13(2)11-16(10-12)18-8-7-14-3-5-15(17)6-4-14/h3-6,12-13,16H,7-11,17H2,1-2H3. The third-order valence-corrected chi connectivity index (χ3v) is 3.86. The van der Waals surface area contributed by atoms with Crippen LogP contribution in [-0.2, 0) is 11.2 Å². The summed E-state index contributed by atoms with van der Waals surface area (Å²) in [4.78, 5) is 0. The first-order chi connectivity index (χ1) is 8.63. The molecule has 0 saturated heterocycles. The zero-order valence-corrected chi connectivity index (χ0v) is 11.6. The van der Waals surface area contributed by atoms with Crippen LogP contribution in [0.4, 0.5) is 5.69 Å². The van der Waals surface area contributed by atoms with Crippen LogP contribution in [0.25, 0.3) is 0 Å². The van der Waals surface area contributed by atoms with E-state index in [-0.39, 0.29) is 0 Å². The van der Waals surface area contributed by atoms with Crippen LogP contribution in [0, 0.1) is 11.8 Å². The quantitative estimate of drug-likeness (QED) is 0.824. The van der Waals surface area contributed by atoms with Gasteiger partial charge in [-0.1, -0.05) is 26.0 Å². The summed E-state index contributed by atoms with van der Waals surface area (Å²) in [5.74, 6) is 1.63. The number of hydrogen-bond acceptors (Lipinski definition) is 2. The second-order valence-electron chi connectivity index (χ2n) is 5.90. The average Bonchev–Trinajstić information content (AvgIpc) is 2.30. The average molecular weight is 247 g/mol. The van der Waals surface area contributed by atoms with Crippen LogP contribution in [0.15, 0.2) is 24.3 Å². The highest BCUT2D eigenvalue weighted by atomic mass is 16.5. The van der Waals surface area contributed by atoms with Gasteiger partial charge in [-0.2, -0.15) is 0 Å². The Hall–Kier alpha value is -1.02. The van der Waals surface area contributed by atoms with Crippen molar-refractivity contribution in [1.82, 2.24) is 0 Å². The molecule has 1 aromatic rings. The molecule has 2 nitrogen and oxygen atoms in total. The zero-order chi connectivity index (χ0) is 13.0. The lowest BCUT2D eigenvalue weighted by Gasteiger charge is -2.31. The van der Waals surface area contributed by atoms with E-state index in [0.29, 0.717) is 6.10 Å². The lowest BCUT2D eigenvalue weighted by atomic mass is 9.82. The molecule has 2 atom stereocenters. The minimum atomic E-state index is 0.470. The Balaban J connectivity index is 1.73. The van der Waals surface area contributed by atoms with Crippen LogP contribution in [0.5, 0.6) is 0 Å². The molecular weight excluding hydrogens is 222 g/mol. The van der Waals surface area contributed by atoms with E-state index in [4.69, 9.17) is 10.5 Å². The summed E-state index contributed by atoms with van der Waals surface area (Å²) in [7, 11) is 0. The van der Waals surface area contributed by atoms with Gasteiger partial charge in [0.2, 0.25) is 0 Å². The predicted octanol–water partition coefficient (Wildman–Crippen LogP) is 3.65. The van der Waals surface area contributed by atoms with Crippen molar-refractivity contribution < 1.29 is 4.74 Å². The highest BCUT2D eigenvalue weighted by Crippen LogP contribution is 2.30. The predicted molar refractivity (Wildman–Crippen MR) is 76.5 cm³/mol. The zero-order valence-electron chi connectivity index (χ0n) is 11.6. The molecule has 0 radical (unpaired) electrons. The molecule has 0 heterocycles. The van der Waals surface area contributed by atoms with E-state index in [0.717, 1.165) is 30.6 Å². The van der Waals surface area contributed by atoms with Crippen LogP contribution in [0.1, 0.15) is 38.7 Å². The normalized spacial score (nSPS) is 28.2. The van der Waals surface area contributed by atoms with Crippen LogP contribution >= 0.6 is 0 Å².